The minimum Gasteiger partial charge on any atom is -0.249 e. The number of pyridine rings is 1. The summed E-state index contributed by atoms with van der Waals surface area (Å²) in [5, 5.41) is 6.37. The summed E-state index contributed by atoms with van der Waals surface area (Å²) in [6.07, 6.45) is 1.67. The van der Waals surface area contributed by atoms with Crippen LogP contribution >= 0.6 is 15.9 Å². The van der Waals surface area contributed by atoms with E-state index in [0.717, 1.165) is 15.6 Å². The number of benzene rings is 1. The quantitative estimate of drug-likeness (QED) is 0.702. The summed E-state index contributed by atoms with van der Waals surface area (Å²) in [4.78, 5) is 14.8. The lowest BCUT2D eigenvalue weighted by atomic mass is 10.1. The van der Waals surface area contributed by atoms with E-state index < -0.39 is 0 Å². The number of hydrogen-bond acceptors (Lipinski definition) is 2. The van der Waals surface area contributed by atoms with E-state index in [-0.39, 0.29) is 5.69 Å². The van der Waals surface area contributed by atoms with E-state index >= 15 is 0 Å². The number of nitrogens with zero attached hydrogens (tertiary/aromatic N) is 3. The Morgan fingerprint density at radius 1 is 1.26 bits per heavy atom. The number of hydrogen-bond donors (Lipinski definition) is 1. The van der Waals surface area contributed by atoms with Crippen LogP contribution in [-0.4, -0.2) is 14.6 Å². The average molecular weight is 315 g/mol. The van der Waals surface area contributed by atoms with Crippen molar-refractivity contribution < 1.29 is 0 Å². The van der Waals surface area contributed by atoms with Gasteiger partial charge in [0.05, 0.1) is 11.0 Å². The van der Waals surface area contributed by atoms with Crippen LogP contribution in [0.4, 0.5) is 5.69 Å². The number of aromatic amines is 1. The van der Waals surface area contributed by atoms with Crippen molar-refractivity contribution >= 4 is 27.3 Å². The first-order valence-corrected chi connectivity index (χ1v) is 6.23. The monoisotopic (exact) mass is 314 g/mol. The third-order valence-electron chi connectivity index (χ3n) is 2.83. The zero-order valence-corrected chi connectivity index (χ0v) is 11.2. The summed E-state index contributed by atoms with van der Waals surface area (Å²) >= 11 is 3.46. The topological polar surface area (TPSA) is 54.5 Å². The van der Waals surface area contributed by atoms with Gasteiger partial charge in [-0.15, -0.1) is 0 Å². The fourth-order valence-electron chi connectivity index (χ4n) is 1.88. The van der Waals surface area contributed by atoms with E-state index in [0.29, 0.717) is 11.3 Å². The molecule has 3 aromatic rings. The molecule has 1 aromatic carbocycles. The summed E-state index contributed by atoms with van der Waals surface area (Å²) in [5.74, 6) is 0. The number of fused-ring (bicyclic) bond motifs is 1. The Hall–Kier alpha value is -2.39. The van der Waals surface area contributed by atoms with Gasteiger partial charge in [-0.2, -0.15) is 5.10 Å². The maximum Gasteiger partial charge on any atom is 0.347 e. The Labute approximate surface area is 116 Å². The molecule has 0 spiro atoms. The zero-order valence-electron chi connectivity index (χ0n) is 9.59. The molecule has 0 aliphatic rings. The van der Waals surface area contributed by atoms with E-state index in [1.54, 1.807) is 18.3 Å². The van der Waals surface area contributed by atoms with Crippen molar-refractivity contribution in [1.82, 2.24) is 14.6 Å². The normalized spacial score (nSPS) is 10.5. The highest BCUT2D eigenvalue weighted by atomic mass is 79.9. The Bertz CT molecular complexity index is 855. The Morgan fingerprint density at radius 3 is 2.68 bits per heavy atom. The van der Waals surface area contributed by atoms with Crippen LogP contribution in [0.5, 0.6) is 0 Å². The molecule has 6 heteroatoms. The first-order valence-electron chi connectivity index (χ1n) is 5.44. The molecule has 0 unspecified atom stereocenters. The largest absolute Gasteiger partial charge is 0.347 e. The SMILES string of the molecule is [C-]#[N+]c1ccc(-c2ccn3c(=O)[nH]nc3c2Br)cc1. The molecule has 1 N–H and O–H groups in total. The fraction of sp³-hybridized carbons (Fsp3) is 0. The standard InChI is InChI=1S/C13H7BrN4O/c1-15-9-4-2-8(3-5-9)10-6-7-18-12(11(10)14)16-17-13(18)19/h2-7H,(H,17,19). The maximum absolute atomic E-state index is 11.5. The van der Waals surface area contributed by atoms with Crippen LogP contribution < -0.4 is 5.69 Å². The number of aromatic nitrogens is 3. The molecule has 0 bridgehead atoms. The molecule has 5 nitrogen and oxygen atoms in total. The van der Waals surface area contributed by atoms with E-state index in [2.05, 4.69) is 31.0 Å². The van der Waals surface area contributed by atoms with Crippen LogP contribution in [0.2, 0.25) is 0 Å². The molecular formula is C13H7BrN4O. The molecule has 0 saturated carbocycles. The molecule has 0 aliphatic heterocycles. The van der Waals surface area contributed by atoms with Crippen molar-refractivity contribution in [2.24, 2.45) is 0 Å². The number of nitrogens with one attached hydrogen (secondary N) is 1. The number of halogens is 1. The highest BCUT2D eigenvalue weighted by Crippen LogP contribution is 2.31. The van der Waals surface area contributed by atoms with Gasteiger partial charge in [-0.3, -0.25) is 0 Å². The molecule has 0 aliphatic carbocycles. The van der Waals surface area contributed by atoms with Crippen molar-refractivity contribution in [2.75, 3.05) is 0 Å². The maximum atomic E-state index is 11.5. The fourth-order valence-corrected chi connectivity index (χ4v) is 2.52. The molecular weight excluding hydrogens is 308 g/mol. The summed E-state index contributed by atoms with van der Waals surface area (Å²) in [5.41, 5.74) is 2.74. The second kappa shape index (κ2) is 4.37. The van der Waals surface area contributed by atoms with Crippen LogP contribution in [0.3, 0.4) is 0 Å². The molecule has 3 rings (SSSR count). The molecule has 92 valence electrons. The van der Waals surface area contributed by atoms with Gasteiger partial charge < -0.3 is 0 Å². The van der Waals surface area contributed by atoms with Gasteiger partial charge in [0.25, 0.3) is 0 Å². The van der Waals surface area contributed by atoms with Crippen molar-refractivity contribution in [3.05, 3.63) is 62.9 Å². The van der Waals surface area contributed by atoms with Gasteiger partial charge in [0.15, 0.2) is 11.3 Å². The van der Waals surface area contributed by atoms with Crippen LogP contribution in [0.1, 0.15) is 0 Å². The van der Waals surface area contributed by atoms with Crippen LogP contribution in [-0.2, 0) is 0 Å². The first-order chi connectivity index (χ1) is 9.20. The van der Waals surface area contributed by atoms with Gasteiger partial charge in [0.1, 0.15) is 0 Å². The molecule has 2 aromatic heterocycles. The second-order valence-corrected chi connectivity index (χ2v) is 4.72. The molecule has 2 heterocycles. The summed E-state index contributed by atoms with van der Waals surface area (Å²) in [6.45, 7) is 6.94. The van der Waals surface area contributed by atoms with Crippen LogP contribution in [0.25, 0.3) is 21.6 Å². The minimum absolute atomic E-state index is 0.273. The smallest absolute Gasteiger partial charge is 0.249 e. The molecule has 0 saturated heterocycles. The molecule has 0 radical (unpaired) electrons. The lowest BCUT2D eigenvalue weighted by Crippen LogP contribution is -2.08. The van der Waals surface area contributed by atoms with E-state index in [1.165, 1.54) is 4.40 Å². The molecule has 0 fully saturated rings. The number of rotatable bonds is 1. The second-order valence-electron chi connectivity index (χ2n) is 3.92. The Morgan fingerprint density at radius 2 is 2.00 bits per heavy atom. The molecule has 0 atom stereocenters. The molecule has 0 amide bonds. The van der Waals surface area contributed by atoms with Gasteiger partial charge in [0, 0.05) is 11.8 Å². The van der Waals surface area contributed by atoms with Gasteiger partial charge in [-0.25, -0.2) is 19.1 Å². The van der Waals surface area contributed by atoms with Crippen LogP contribution in [0, 0.1) is 6.57 Å². The highest BCUT2D eigenvalue weighted by Gasteiger charge is 2.10. The van der Waals surface area contributed by atoms with E-state index in [1.807, 2.05) is 18.2 Å². The van der Waals surface area contributed by atoms with Crippen molar-refractivity contribution in [3.8, 4) is 11.1 Å². The highest BCUT2D eigenvalue weighted by molar-refractivity contribution is 9.10. The predicted octanol–water partition coefficient (Wildman–Crippen LogP) is 3.00. The van der Waals surface area contributed by atoms with E-state index in [9.17, 15) is 4.79 Å². The van der Waals surface area contributed by atoms with Gasteiger partial charge in [0.2, 0.25) is 0 Å². The summed E-state index contributed by atoms with van der Waals surface area (Å²) in [7, 11) is 0. The minimum atomic E-state index is -0.273. The van der Waals surface area contributed by atoms with Gasteiger partial charge in [-0.1, -0.05) is 24.3 Å². The average Bonchev–Trinajstić information content (AvgIpc) is 2.82. The zero-order chi connectivity index (χ0) is 13.4. The molecule has 19 heavy (non-hydrogen) atoms. The van der Waals surface area contributed by atoms with Gasteiger partial charge in [-0.05, 0) is 27.6 Å². The van der Waals surface area contributed by atoms with Crippen molar-refractivity contribution in [3.63, 3.8) is 0 Å². The first kappa shape index (κ1) is 11.7. The Kier molecular flexibility index (Phi) is 2.69. The summed E-state index contributed by atoms with van der Waals surface area (Å²) < 4.78 is 2.17. The van der Waals surface area contributed by atoms with Gasteiger partial charge >= 0.3 is 5.69 Å². The third kappa shape index (κ3) is 1.84. The lowest BCUT2D eigenvalue weighted by Gasteiger charge is -2.05. The predicted molar refractivity (Wildman–Crippen MR) is 75.2 cm³/mol. The van der Waals surface area contributed by atoms with Crippen molar-refractivity contribution in [2.45, 2.75) is 0 Å². The van der Waals surface area contributed by atoms with Crippen molar-refractivity contribution in [1.29, 1.82) is 0 Å². The third-order valence-corrected chi connectivity index (χ3v) is 3.62. The van der Waals surface area contributed by atoms with Crippen LogP contribution in [0.15, 0.2) is 45.8 Å². The lowest BCUT2D eigenvalue weighted by molar-refractivity contribution is 1.02. The number of H-pyrrole nitrogens is 1. The Balaban J connectivity index is 2.22. The summed E-state index contributed by atoms with van der Waals surface area (Å²) in [6, 6.07) is 9.09. The van der Waals surface area contributed by atoms with E-state index in [4.69, 9.17) is 6.57 Å².